The minimum Gasteiger partial charge on any atom is -0.487 e. The lowest BCUT2D eigenvalue weighted by molar-refractivity contribution is -0.203. The van der Waals surface area contributed by atoms with Crippen LogP contribution in [-0.2, 0) is 23.2 Å². The molecule has 2 saturated carbocycles. The highest BCUT2D eigenvalue weighted by molar-refractivity contribution is 5.70. The van der Waals surface area contributed by atoms with Crippen LogP contribution in [0.5, 0.6) is 5.75 Å². The second-order valence-corrected chi connectivity index (χ2v) is 9.46. The molecule has 34 heavy (non-hydrogen) atoms. The molecule has 1 heterocycles. The van der Waals surface area contributed by atoms with Gasteiger partial charge in [-0.1, -0.05) is 18.9 Å². The minimum atomic E-state index is -1.02. The van der Waals surface area contributed by atoms with Crippen LogP contribution in [0.15, 0.2) is 24.4 Å². The van der Waals surface area contributed by atoms with E-state index in [4.69, 9.17) is 9.47 Å². The first-order valence-corrected chi connectivity index (χ1v) is 12.1. The summed E-state index contributed by atoms with van der Waals surface area (Å²) in [4.78, 5) is 13.1. The number of halogens is 1. The number of nitrogens with zero attached hydrogens (tertiary/aromatic N) is 3. The maximum absolute atomic E-state index is 14.9. The second kappa shape index (κ2) is 10.8. The highest BCUT2D eigenvalue weighted by atomic mass is 19.1. The van der Waals surface area contributed by atoms with Gasteiger partial charge in [0.2, 0.25) is 6.41 Å². The number of hydrogen-bond donors (Lipinski definition) is 2. The molecule has 1 unspecified atom stereocenters. The maximum atomic E-state index is 14.9. The summed E-state index contributed by atoms with van der Waals surface area (Å²) < 4.78 is 28.2. The molecule has 0 amide bonds. The standard InChI is InChI=1S/C25H34FN3O5/c1-28(18-7-3-4-8-18)25(32)33-15-22-20(14-27-29(22)2)16-10-11-23(21(26)13-16)34-19-9-5-6-17(12-19)24(30)31/h10-11,13-14,17-19,25,32H,3-9,12,15H2,1-2H3,(H,30,31)/t17-,19-,25?/m0/s1. The summed E-state index contributed by atoms with van der Waals surface area (Å²) in [5, 5.41) is 24.0. The Hall–Kier alpha value is -2.49. The maximum Gasteiger partial charge on any atom is 0.306 e. The molecule has 2 aliphatic carbocycles. The lowest BCUT2D eigenvalue weighted by Gasteiger charge is -2.29. The molecular weight excluding hydrogens is 441 g/mol. The summed E-state index contributed by atoms with van der Waals surface area (Å²) in [5.74, 6) is -1.65. The zero-order valence-electron chi connectivity index (χ0n) is 19.8. The number of aliphatic carboxylic acids is 1. The van der Waals surface area contributed by atoms with Gasteiger partial charge in [0.25, 0.3) is 0 Å². The minimum absolute atomic E-state index is 0.120. The van der Waals surface area contributed by atoms with Crippen LogP contribution in [0.25, 0.3) is 11.1 Å². The van der Waals surface area contributed by atoms with Crippen molar-refractivity contribution in [2.45, 2.75) is 76.5 Å². The fraction of sp³-hybridized carbons (Fsp3) is 0.600. The molecule has 0 radical (unpaired) electrons. The number of aromatic nitrogens is 2. The number of aliphatic hydroxyl groups is 1. The van der Waals surface area contributed by atoms with Crippen molar-refractivity contribution in [1.29, 1.82) is 0 Å². The van der Waals surface area contributed by atoms with Crippen molar-refractivity contribution in [3.8, 4) is 16.9 Å². The molecule has 3 atom stereocenters. The van der Waals surface area contributed by atoms with Gasteiger partial charge >= 0.3 is 5.97 Å². The van der Waals surface area contributed by atoms with Crippen molar-refractivity contribution in [3.05, 3.63) is 35.9 Å². The highest BCUT2D eigenvalue weighted by Gasteiger charge is 2.29. The molecule has 0 aliphatic heterocycles. The third kappa shape index (κ3) is 5.59. The zero-order valence-corrected chi connectivity index (χ0v) is 19.8. The lowest BCUT2D eigenvalue weighted by Crippen LogP contribution is -2.40. The average molecular weight is 476 g/mol. The first kappa shape index (κ1) is 24.6. The Kier molecular flexibility index (Phi) is 7.85. The van der Waals surface area contributed by atoms with Crippen molar-refractivity contribution >= 4 is 5.97 Å². The molecule has 2 aliphatic rings. The van der Waals surface area contributed by atoms with Gasteiger partial charge in [0.15, 0.2) is 11.6 Å². The first-order chi connectivity index (χ1) is 16.3. The van der Waals surface area contributed by atoms with Gasteiger partial charge in [-0.15, -0.1) is 0 Å². The Balaban J connectivity index is 1.42. The van der Waals surface area contributed by atoms with Crippen LogP contribution in [0.2, 0.25) is 0 Å². The van der Waals surface area contributed by atoms with Gasteiger partial charge in [0.1, 0.15) is 0 Å². The van der Waals surface area contributed by atoms with Gasteiger partial charge in [0, 0.05) is 18.7 Å². The van der Waals surface area contributed by atoms with E-state index in [1.807, 2.05) is 11.9 Å². The van der Waals surface area contributed by atoms with Crippen LogP contribution in [0.1, 0.15) is 57.1 Å². The van der Waals surface area contributed by atoms with E-state index in [-0.39, 0.29) is 18.5 Å². The summed E-state index contributed by atoms with van der Waals surface area (Å²) in [7, 11) is 3.65. The predicted octanol–water partition coefficient (Wildman–Crippen LogP) is 3.92. The monoisotopic (exact) mass is 475 g/mol. The van der Waals surface area contributed by atoms with Crippen molar-refractivity contribution < 1.29 is 28.9 Å². The van der Waals surface area contributed by atoms with Gasteiger partial charge < -0.3 is 19.7 Å². The lowest BCUT2D eigenvalue weighted by atomic mass is 9.87. The first-order valence-electron chi connectivity index (χ1n) is 12.1. The van der Waals surface area contributed by atoms with Gasteiger partial charge in [-0.3, -0.25) is 14.4 Å². The normalized spacial score (nSPS) is 22.3. The molecule has 9 heteroatoms. The molecule has 1 aromatic heterocycles. The number of carboxylic acids is 1. The SMILES string of the molecule is CN(C1CCCC1)C(O)OCc1c(-c2ccc(O[C@H]3CCC[C@H](C(=O)O)C3)c(F)c2)cnn1C. The molecule has 0 spiro atoms. The van der Waals surface area contributed by atoms with E-state index >= 15 is 0 Å². The summed E-state index contributed by atoms with van der Waals surface area (Å²) in [6, 6.07) is 5.05. The van der Waals surface area contributed by atoms with Crippen molar-refractivity contribution in [2.75, 3.05) is 7.05 Å². The number of carbonyl (C=O) groups is 1. The van der Waals surface area contributed by atoms with Crippen LogP contribution in [0, 0.1) is 11.7 Å². The van der Waals surface area contributed by atoms with Gasteiger partial charge in [0.05, 0.1) is 30.5 Å². The fourth-order valence-corrected chi connectivity index (χ4v) is 5.06. The Morgan fingerprint density at radius 3 is 2.74 bits per heavy atom. The Morgan fingerprint density at radius 1 is 1.26 bits per heavy atom. The zero-order chi connectivity index (χ0) is 24.2. The number of hydrogen-bond acceptors (Lipinski definition) is 6. The molecule has 8 nitrogen and oxygen atoms in total. The number of ether oxygens (including phenoxy) is 2. The molecule has 186 valence electrons. The Bertz CT molecular complexity index is 991. The van der Waals surface area contributed by atoms with Crippen LogP contribution < -0.4 is 4.74 Å². The van der Waals surface area contributed by atoms with Crippen LogP contribution in [-0.4, -0.2) is 56.5 Å². The van der Waals surface area contributed by atoms with E-state index < -0.39 is 24.1 Å². The topological polar surface area (TPSA) is 97.1 Å². The van der Waals surface area contributed by atoms with Crippen LogP contribution in [0.3, 0.4) is 0 Å². The molecule has 1 aromatic carbocycles. The highest BCUT2D eigenvalue weighted by Crippen LogP contribution is 2.32. The van der Waals surface area contributed by atoms with E-state index in [1.54, 1.807) is 30.1 Å². The largest absolute Gasteiger partial charge is 0.487 e. The summed E-state index contributed by atoms with van der Waals surface area (Å²) >= 11 is 0. The van der Waals surface area contributed by atoms with Crippen LogP contribution >= 0.6 is 0 Å². The summed E-state index contributed by atoms with van der Waals surface area (Å²) in [5.41, 5.74) is 2.07. The number of rotatable bonds is 9. The second-order valence-electron chi connectivity index (χ2n) is 9.46. The predicted molar refractivity (Wildman–Crippen MR) is 123 cm³/mol. The number of aryl methyl sites for hydroxylation is 1. The quantitative estimate of drug-likeness (QED) is 0.531. The number of benzene rings is 1. The smallest absolute Gasteiger partial charge is 0.306 e. The Morgan fingerprint density at radius 2 is 2.03 bits per heavy atom. The van der Waals surface area contributed by atoms with Crippen molar-refractivity contribution in [1.82, 2.24) is 14.7 Å². The van der Waals surface area contributed by atoms with Crippen molar-refractivity contribution in [3.63, 3.8) is 0 Å². The number of aliphatic hydroxyl groups excluding tert-OH is 1. The van der Waals surface area contributed by atoms with Gasteiger partial charge in [-0.2, -0.15) is 5.10 Å². The van der Waals surface area contributed by atoms with Crippen LogP contribution in [0.4, 0.5) is 4.39 Å². The van der Waals surface area contributed by atoms with Crippen molar-refractivity contribution in [2.24, 2.45) is 13.0 Å². The van der Waals surface area contributed by atoms with E-state index in [1.165, 1.54) is 18.9 Å². The van der Waals surface area contributed by atoms with Gasteiger partial charge in [-0.05, 0) is 63.3 Å². The molecule has 0 bridgehead atoms. The molecule has 2 fully saturated rings. The Labute approximate surface area is 199 Å². The molecular formula is C25H34FN3O5. The molecule has 0 saturated heterocycles. The summed E-state index contributed by atoms with van der Waals surface area (Å²) in [6.45, 7) is 0.128. The average Bonchev–Trinajstić information content (AvgIpc) is 3.48. The van der Waals surface area contributed by atoms with Gasteiger partial charge in [-0.25, -0.2) is 4.39 Å². The molecule has 2 aromatic rings. The number of carboxylic acid groups (broad SMARTS) is 1. The molecule has 4 rings (SSSR count). The third-order valence-electron chi connectivity index (χ3n) is 7.19. The fourth-order valence-electron chi connectivity index (χ4n) is 5.06. The summed E-state index contributed by atoms with van der Waals surface area (Å²) in [6.07, 6.45) is 7.25. The van der Waals surface area contributed by atoms with E-state index in [0.717, 1.165) is 25.0 Å². The third-order valence-corrected chi connectivity index (χ3v) is 7.19. The van der Waals surface area contributed by atoms with E-state index in [0.29, 0.717) is 36.4 Å². The molecule has 2 N–H and O–H groups in total. The van der Waals surface area contributed by atoms with E-state index in [2.05, 4.69) is 5.10 Å². The van der Waals surface area contributed by atoms with E-state index in [9.17, 15) is 19.4 Å².